The molecule has 0 radical (unpaired) electrons. The fourth-order valence-corrected chi connectivity index (χ4v) is 1.52. The predicted octanol–water partition coefficient (Wildman–Crippen LogP) is 1.36. The topological polar surface area (TPSA) is 71.7 Å². The fraction of sp³-hybridized carbons (Fsp3) is 0.111. The molecule has 0 aliphatic carbocycles. The minimum atomic E-state index is 0.399. The quantitative estimate of drug-likeness (QED) is 0.529. The molecule has 0 atom stereocenters. The third kappa shape index (κ3) is 1.59. The Morgan fingerprint density at radius 2 is 2.20 bits per heavy atom. The zero-order valence-corrected chi connectivity index (χ0v) is 9.01. The van der Waals surface area contributed by atoms with Gasteiger partial charge in [-0.1, -0.05) is 12.1 Å². The lowest BCUT2D eigenvalue weighted by Crippen LogP contribution is -2.10. The van der Waals surface area contributed by atoms with Crippen LogP contribution in [0.15, 0.2) is 24.3 Å². The number of anilines is 1. The molecule has 1 aromatic heterocycles. The molecule has 0 bridgehead atoms. The summed E-state index contributed by atoms with van der Waals surface area (Å²) < 4.78 is 1.75. The molecule has 0 saturated heterocycles. The van der Waals surface area contributed by atoms with E-state index in [-0.39, 0.29) is 0 Å². The van der Waals surface area contributed by atoms with Gasteiger partial charge in [0, 0.05) is 18.3 Å². The molecule has 0 aliphatic rings. The Morgan fingerprint density at radius 1 is 1.47 bits per heavy atom. The highest BCUT2D eigenvalue weighted by atomic mass is 32.1. The van der Waals surface area contributed by atoms with Gasteiger partial charge in [0.25, 0.3) is 0 Å². The molecule has 1 aromatic carbocycles. The van der Waals surface area contributed by atoms with Gasteiger partial charge in [0.15, 0.2) is 5.82 Å². The molecule has 0 saturated carbocycles. The number of aromatic amines is 1. The Balaban J connectivity index is 2.63. The van der Waals surface area contributed by atoms with E-state index in [0.29, 0.717) is 10.6 Å². The molecule has 6 heteroatoms. The van der Waals surface area contributed by atoms with Crippen LogP contribution >= 0.6 is 12.2 Å². The Bertz CT molecular complexity index is 527. The minimum absolute atomic E-state index is 0.399. The standard InChI is InChI=1S/C9H11N5S/c1-11-7-5-3-2-4-6(7)8-12-13-9(15)14(8)10/h2-5,11H,10H2,1H3,(H,13,15). The summed E-state index contributed by atoms with van der Waals surface area (Å²) in [4.78, 5) is 0. The molecule has 0 unspecified atom stereocenters. The summed E-state index contributed by atoms with van der Waals surface area (Å²) in [7, 11) is 1.85. The van der Waals surface area contributed by atoms with E-state index >= 15 is 0 Å². The molecule has 1 heterocycles. The number of aromatic nitrogens is 3. The van der Waals surface area contributed by atoms with Crippen molar-refractivity contribution in [3.8, 4) is 11.4 Å². The number of nitrogens with one attached hydrogen (secondary N) is 2. The number of rotatable bonds is 2. The maximum atomic E-state index is 5.75. The molecular formula is C9H11N5S. The van der Waals surface area contributed by atoms with Crippen LogP contribution in [0.3, 0.4) is 0 Å². The molecule has 0 spiro atoms. The molecule has 5 nitrogen and oxygen atoms in total. The first-order chi connectivity index (χ1) is 7.24. The van der Waals surface area contributed by atoms with Gasteiger partial charge in [0.2, 0.25) is 4.77 Å². The van der Waals surface area contributed by atoms with Gasteiger partial charge in [0.05, 0.1) is 0 Å². The smallest absolute Gasteiger partial charge is 0.214 e. The van der Waals surface area contributed by atoms with E-state index in [1.54, 1.807) is 0 Å². The predicted molar refractivity (Wildman–Crippen MR) is 62.5 cm³/mol. The van der Waals surface area contributed by atoms with E-state index in [0.717, 1.165) is 11.3 Å². The van der Waals surface area contributed by atoms with Gasteiger partial charge in [-0.25, -0.2) is 9.77 Å². The summed E-state index contributed by atoms with van der Waals surface area (Å²) in [6, 6.07) is 7.75. The molecule has 78 valence electrons. The Labute approximate surface area is 91.9 Å². The van der Waals surface area contributed by atoms with Crippen LogP contribution < -0.4 is 11.2 Å². The van der Waals surface area contributed by atoms with Crippen LogP contribution in [0.5, 0.6) is 0 Å². The van der Waals surface area contributed by atoms with Crippen molar-refractivity contribution in [1.82, 2.24) is 14.9 Å². The first-order valence-electron chi connectivity index (χ1n) is 4.43. The Kier molecular flexibility index (Phi) is 2.42. The third-order valence-corrected chi connectivity index (χ3v) is 2.43. The maximum Gasteiger partial charge on any atom is 0.214 e. The highest BCUT2D eigenvalue weighted by molar-refractivity contribution is 7.71. The maximum absolute atomic E-state index is 5.75. The molecule has 4 N–H and O–H groups in total. The number of hydrogen-bond acceptors (Lipinski definition) is 4. The number of H-pyrrole nitrogens is 1. The first-order valence-corrected chi connectivity index (χ1v) is 4.84. The van der Waals surface area contributed by atoms with Crippen molar-refractivity contribution in [2.45, 2.75) is 0 Å². The van der Waals surface area contributed by atoms with E-state index in [4.69, 9.17) is 18.1 Å². The van der Waals surface area contributed by atoms with E-state index in [1.165, 1.54) is 4.68 Å². The second-order valence-electron chi connectivity index (χ2n) is 3.02. The normalized spacial score (nSPS) is 10.2. The molecule has 2 aromatic rings. The van der Waals surface area contributed by atoms with Crippen molar-refractivity contribution in [3.63, 3.8) is 0 Å². The average molecular weight is 221 g/mol. The highest BCUT2D eigenvalue weighted by Crippen LogP contribution is 2.24. The number of nitrogens with zero attached hydrogens (tertiary/aromatic N) is 2. The van der Waals surface area contributed by atoms with Crippen molar-refractivity contribution in [2.24, 2.45) is 0 Å². The third-order valence-electron chi connectivity index (χ3n) is 2.14. The molecule has 0 aliphatic heterocycles. The number of nitrogen functional groups attached to an aromatic ring is 1. The van der Waals surface area contributed by atoms with E-state index in [1.807, 2.05) is 31.3 Å². The van der Waals surface area contributed by atoms with Crippen molar-refractivity contribution in [3.05, 3.63) is 29.0 Å². The molecule has 15 heavy (non-hydrogen) atoms. The zero-order valence-electron chi connectivity index (χ0n) is 8.19. The molecule has 0 fully saturated rings. The Morgan fingerprint density at radius 3 is 2.80 bits per heavy atom. The van der Waals surface area contributed by atoms with Crippen LogP contribution in [0.4, 0.5) is 5.69 Å². The van der Waals surface area contributed by atoms with Gasteiger partial charge in [-0.3, -0.25) is 0 Å². The summed E-state index contributed by atoms with van der Waals surface area (Å²) >= 11 is 4.95. The van der Waals surface area contributed by atoms with Crippen molar-refractivity contribution in [2.75, 3.05) is 18.2 Å². The lowest BCUT2D eigenvalue weighted by Gasteiger charge is -2.06. The molecular weight excluding hydrogens is 210 g/mol. The Hall–Kier alpha value is -1.82. The number of nitrogens with two attached hydrogens (primary N) is 1. The van der Waals surface area contributed by atoms with Gasteiger partial charge in [0.1, 0.15) is 0 Å². The number of para-hydroxylation sites is 1. The SMILES string of the molecule is CNc1ccccc1-c1n[nH]c(=S)n1N. The van der Waals surface area contributed by atoms with Gasteiger partial charge in [-0.15, -0.1) is 0 Å². The van der Waals surface area contributed by atoms with Crippen LogP contribution in [0.1, 0.15) is 0 Å². The minimum Gasteiger partial charge on any atom is -0.388 e. The summed E-state index contributed by atoms with van der Waals surface area (Å²) in [6.45, 7) is 0. The van der Waals surface area contributed by atoms with Crippen LogP contribution in [0.25, 0.3) is 11.4 Å². The summed E-state index contributed by atoms with van der Waals surface area (Å²) in [5, 5.41) is 9.80. The number of hydrogen-bond donors (Lipinski definition) is 3. The zero-order chi connectivity index (χ0) is 10.8. The van der Waals surface area contributed by atoms with Crippen LogP contribution in [-0.2, 0) is 0 Å². The van der Waals surface area contributed by atoms with Gasteiger partial charge < -0.3 is 11.2 Å². The fourth-order valence-electron chi connectivity index (χ4n) is 1.39. The monoisotopic (exact) mass is 221 g/mol. The highest BCUT2D eigenvalue weighted by Gasteiger charge is 2.09. The van der Waals surface area contributed by atoms with Crippen molar-refractivity contribution >= 4 is 17.9 Å². The second-order valence-corrected chi connectivity index (χ2v) is 3.40. The summed E-state index contributed by atoms with van der Waals surface area (Å²) in [6.07, 6.45) is 0. The van der Waals surface area contributed by atoms with Crippen LogP contribution in [0.2, 0.25) is 0 Å². The number of benzene rings is 1. The van der Waals surface area contributed by atoms with Gasteiger partial charge in [-0.2, -0.15) is 5.10 Å². The lowest BCUT2D eigenvalue weighted by molar-refractivity contribution is 0.984. The van der Waals surface area contributed by atoms with E-state index in [9.17, 15) is 0 Å². The van der Waals surface area contributed by atoms with E-state index < -0.39 is 0 Å². The largest absolute Gasteiger partial charge is 0.388 e. The summed E-state index contributed by atoms with van der Waals surface area (Å²) in [5.41, 5.74) is 1.87. The summed E-state index contributed by atoms with van der Waals surface area (Å²) in [5.74, 6) is 6.36. The first kappa shape index (κ1) is 9.72. The van der Waals surface area contributed by atoms with Crippen LogP contribution in [-0.4, -0.2) is 21.9 Å². The van der Waals surface area contributed by atoms with Crippen LogP contribution in [0, 0.1) is 4.77 Å². The lowest BCUT2D eigenvalue weighted by atomic mass is 10.1. The molecule has 0 amide bonds. The van der Waals surface area contributed by atoms with Gasteiger partial charge >= 0.3 is 0 Å². The average Bonchev–Trinajstić information content (AvgIpc) is 2.60. The molecule has 2 rings (SSSR count). The van der Waals surface area contributed by atoms with Gasteiger partial charge in [-0.05, 0) is 24.4 Å². The van der Waals surface area contributed by atoms with Crippen molar-refractivity contribution < 1.29 is 0 Å². The second kappa shape index (κ2) is 3.74. The van der Waals surface area contributed by atoms with E-state index in [2.05, 4.69) is 15.5 Å². The van der Waals surface area contributed by atoms with Crippen molar-refractivity contribution in [1.29, 1.82) is 0 Å².